The Morgan fingerprint density at radius 1 is 1.53 bits per heavy atom. The maximum atomic E-state index is 11.8. The van der Waals surface area contributed by atoms with E-state index in [9.17, 15) is 4.79 Å². The molecule has 6 heteroatoms. The molecule has 0 aromatic carbocycles. The minimum Gasteiger partial charge on any atom is -0.339 e. The van der Waals surface area contributed by atoms with E-state index < -0.39 is 5.54 Å². The van der Waals surface area contributed by atoms with E-state index in [4.69, 9.17) is 10.3 Å². The summed E-state index contributed by atoms with van der Waals surface area (Å²) in [5.41, 5.74) is 5.72. The van der Waals surface area contributed by atoms with Crippen LogP contribution < -0.4 is 5.73 Å². The molecule has 2 aromatic rings. The van der Waals surface area contributed by atoms with E-state index in [1.807, 2.05) is 17.5 Å². The molecule has 2 heterocycles. The van der Waals surface area contributed by atoms with Crippen LogP contribution in [0.2, 0.25) is 0 Å². The SMILES string of the molecule is NC1(c2noc(CCC(=O)c3cccs3)n2)CCC1. The molecule has 2 aromatic heterocycles. The predicted molar refractivity (Wildman–Crippen MR) is 71.0 cm³/mol. The lowest BCUT2D eigenvalue weighted by atomic mass is 9.77. The molecule has 0 aliphatic heterocycles. The highest BCUT2D eigenvalue weighted by molar-refractivity contribution is 7.12. The minimum atomic E-state index is -0.403. The van der Waals surface area contributed by atoms with E-state index in [2.05, 4.69) is 10.1 Å². The Bertz CT molecular complexity index is 572. The number of rotatable bonds is 5. The molecule has 0 saturated heterocycles. The first-order valence-electron chi connectivity index (χ1n) is 6.36. The number of nitrogens with two attached hydrogens (primary N) is 1. The lowest BCUT2D eigenvalue weighted by molar-refractivity contribution is 0.0983. The van der Waals surface area contributed by atoms with Crippen LogP contribution in [0.25, 0.3) is 0 Å². The number of aryl methyl sites for hydroxylation is 1. The third-order valence-corrected chi connectivity index (χ3v) is 4.43. The summed E-state index contributed by atoms with van der Waals surface area (Å²) < 4.78 is 5.16. The van der Waals surface area contributed by atoms with Crippen molar-refractivity contribution in [2.24, 2.45) is 5.73 Å². The average Bonchev–Trinajstić information content (AvgIpc) is 3.04. The van der Waals surface area contributed by atoms with Crippen LogP contribution in [-0.2, 0) is 12.0 Å². The van der Waals surface area contributed by atoms with Crippen molar-refractivity contribution in [1.82, 2.24) is 10.1 Å². The van der Waals surface area contributed by atoms with Gasteiger partial charge in [-0.3, -0.25) is 4.79 Å². The fourth-order valence-corrected chi connectivity index (χ4v) is 2.82. The van der Waals surface area contributed by atoms with Crippen molar-refractivity contribution >= 4 is 17.1 Å². The second-order valence-electron chi connectivity index (χ2n) is 4.92. The molecular weight excluding hydrogens is 262 g/mol. The van der Waals surface area contributed by atoms with Crippen LogP contribution in [0.4, 0.5) is 0 Å². The molecule has 19 heavy (non-hydrogen) atoms. The van der Waals surface area contributed by atoms with E-state index in [-0.39, 0.29) is 5.78 Å². The zero-order chi connectivity index (χ0) is 13.3. The van der Waals surface area contributed by atoms with E-state index in [1.54, 1.807) is 0 Å². The minimum absolute atomic E-state index is 0.112. The summed E-state index contributed by atoms with van der Waals surface area (Å²) in [5, 5.41) is 5.83. The van der Waals surface area contributed by atoms with Gasteiger partial charge in [-0.05, 0) is 30.7 Å². The van der Waals surface area contributed by atoms with Crippen molar-refractivity contribution in [3.8, 4) is 0 Å². The van der Waals surface area contributed by atoms with E-state index in [0.717, 1.165) is 24.1 Å². The smallest absolute Gasteiger partial charge is 0.227 e. The van der Waals surface area contributed by atoms with Gasteiger partial charge in [0.15, 0.2) is 11.6 Å². The van der Waals surface area contributed by atoms with Crippen LogP contribution in [0.3, 0.4) is 0 Å². The molecule has 0 atom stereocenters. The first kappa shape index (κ1) is 12.5. The summed E-state index contributed by atoms with van der Waals surface area (Å²) in [5.74, 6) is 1.19. The van der Waals surface area contributed by atoms with Crippen molar-refractivity contribution in [1.29, 1.82) is 0 Å². The Hall–Kier alpha value is -1.53. The van der Waals surface area contributed by atoms with Crippen molar-refractivity contribution in [2.75, 3.05) is 0 Å². The van der Waals surface area contributed by atoms with Crippen molar-refractivity contribution < 1.29 is 9.32 Å². The molecular formula is C13H15N3O2S. The number of carbonyl (C=O) groups is 1. The standard InChI is InChI=1S/C13H15N3O2S/c14-13(6-2-7-13)12-15-11(18-16-12)5-4-9(17)10-3-1-8-19-10/h1,3,8H,2,4-7,14H2. The van der Waals surface area contributed by atoms with Gasteiger partial charge in [-0.1, -0.05) is 11.2 Å². The topological polar surface area (TPSA) is 82.0 Å². The first-order valence-corrected chi connectivity index (χ1v) is 7.24. The average molecular weight is 277 g/mol. The molecule has 5 nitrogen and oxygen atoms in total. The highest BCUT2D eigenvalue weighted by Crippen LogP contribution is 2.36. The maximum Gasteiger partial charge on any atom is 0.227 e. The van der Waals surface area contributed by atoms with Gasteiger partial charge in [-0.2, -0.15) is 4.98 Å². The number of carbonyl (C=O) groups excluding carboxylic acids is 1. The highest BCUT2D eigenvalue weighted by atomic mass is 32.1. The molecule has 3 rings (SSSR count). The quantitative estimate of drug-likeness (QED) is 0.848. The third-order valence-electron chi connectivity index (χ3n) is 3.52. The van der Waals surface area contributed by atoms with Gasteiger partial charge in [0.1, 0.15) is 0 Å². The van der Waals surface area contributed by atoms with Gasteiger partial charge in [-0.15, -0.1) is 11.3 Å². The number of hydrogen-bond acceptors (Lipinski definition) is 6. The summed E-state index contributed by atoms with van der Waals surface area (Å²) in [6.07, 6.45) is 3.77. The zero-order valence-electron chi connectivity index (χ0n) is 10.5. The van der Waals surface area contributed by atoms with Crippen LogP contribution in [0.1, 0.15) is 47.1 Å². The summed E-state index contributed by atoms with van der Waals surface area (Å²) in [7, 11) is 0. The molecule has 0 spiro atoms. The van der Waals surface area contributed by atoms with E-state index >= 15 is 0 Å². The second kappa shape index (κ2) is 4.86. The van der Waals surface area contributed by atoms with Gasteiger partial charge >= 0.3 is 0 Å². The molecule has 0 bridgehead atoms. The van der Waals surface area contributed by atoms with Crippen LogP contribution in [-0.4, -0.2) is 15.9 Å². The lowest BCUT2D eigenvalue weighted by Gasteiger charge is -2.34. The Labute approximate surface area is 114 Å². The van der Waals surface area contributed by atoms with Crippen LogP contribution in [0.5, 0.6) is 0 Å². The van der Waals surface area contributed by atoms with Crippen molar-refractivity contribution in [3.63, 3.8) is 0 Å². The number of Topliss-reactive ketones (excluding diaryl/α,β-unsaturated/α-hetero) is 1. The molecule has 1 fully saturated rings. The molecule has 2 N–H and O–H groups in total. The second-order valence-corrected chi connectivity index (χ2v) is 5.87. The molecule has 100 valence electrons. The summed E-state index contributed by atoms with van der Waals surface area (Å²) >= 11 is 1.45. The molecule has 1 saturated carbocycles. The monoisotopic (exact) mass is 277 g/mol. The molecule has 0 unspecified atom stereocenters. The highest BCUT2D eigenvalue weighted by Gasteiger charge is 2.38. The van der Waals surface area contributed by atoms with Gasteiger partial charge in [0, 0.05) is 12.8 Å². The predicted octanol–water partition coefficient (Wildman–Crippen LogP) is 2.28. The van der Waals surface area contributed by atoms with Crippen molar-refractivity contribution in [3.05, 3.63) is 34.1 Å². The molecule has 0 amide bonds. The Morgan fingerprint density at radius 2 is 2.37 bits per heavy atom. The van der Waals surface area contributed by atoms with E-state index in [0.29, 0.717) is 24.6 Å². The number of hydrogen-bond donors (Lipinski definition) is 1. The zero-order valence-corrected chi connectivity index (χ0v) is 11.3. The van der Waals surface area contributed by atoms with Gasteiger partial charge in [0.25, 0.3) is 0 Å². The number of aromatic nitrogens is 2. The lowest BCUT2D eigenvalue weighted by Crippen LogP contribution is -2.44. The molecule has 1 aliphatic carbocycles. The van der Waals surface area contributed by atoms with Gasteiger partial charge in [0.2, 0.25) is 5.89 Å². The fourth-order valence-electron chi connectivity index (χ4n) is 2.12. The Kier molecular flexibility index (Phi) is 3.20. The largest absolute Gasteiger partial charge is 0.339 e. The van der Waals surface area contributed by atoms with Gasteiger partial charge in [-0.25, -0.2) is 0 Å². The maximum absolute atomic E-state index is 11.8. The van der Waals surface area contributed by atoms with Crippen LogP contribution in [0, 0.1) is 0 Å². The van der Waals surface area contributed by atoms with Gasteiger partial charge < -0.3 is 10.3 Å². The Morgan fingerprint density at radius 3 is 3.00 bits per heavy atom. The summed E-state index contributed by atoms with van der Waals surface area (Å²) in [4.78, 5) is 16.9. The van der Waals surface area contributed by atoms with Crippen LogP contribution >= 0.6 is 11.3 Å². The van der Waals surface area contributed by atoms with Crippen LogP contribution in [0.15, 0.2) is 22.0 Å². The molecule has 1 aliphatic rings. The molecule has 0 radical (unpaired) electrons. The summed E-state index contributed by atoms with van der Waals surface area (Å²) in [6.45, 7) is 0. The fraction of sp³-hybridized carbons (Fsp3) is 0.462. The third kappa shape index (κ3) is 2.46. The summed E-state index contributed by atoms with van der Waals surface area (Å²) in [6, 6.07) is 3.70. The number of thiophene rings is 1. The van der Waals surface area contributed by atoms with E-state index in [1.165, 1.54) is 11.3 Å². The number of nitrogens with zero attached hydrogens (tertiary/aromatic N) is 2. The van der Waals surface area contributed by atoms with Crippen molar-refractivity contribution in [2.45, 2.75) is 37.6 Å². The Balaban J connectivity index is 1.60. The first-order chi connectivity index (χ1) is 9.17. The number of ketones is 1. The van der Waals surface area contributed by atoms with Gasteiger partial charge in [0.05, 0.1) is 10.4 Å². The normalized spacial score (nSPS) is 17.1.